The molecule has 1 saturated heterocycles. The summed E-state index contributed by atoms with van der Waals surface area (Å²) < 4.78 is 5.37. The van der Waals surface area contributed by atoms with Crippen molar-refractivity contribution in [1.29, 1.82) is 0 Å². The normalized spacial score (nSPS) is 18.2. The fraction of sp³-hybridized carbons (Fsp3) is 0.625. The molecule has 20 heavy (non-hydrogen) atoms. The van der Waals surface area contributed by atoms with Crippen molar-refractivity contribution in [3.8, 4) is 0 Å². The summed E-state index contributed by atoms with van der Waals surface area (Å²) in [4.78, 5) is 5.01. The third kappa shape index (κ3) is 4.20. The van der Waals surface area contributed by atoms with Crippen molar-refractivity contribution in [2.24, 2.45) is 0 Å². The Morgan fingerprint density at radius 2 is 1.85 bits per heavy atom. The molecule has 1 N–H and O–H groups in total. The van der Waals surface area contributed by atoms with Crippen LogP contribution in [0.25, 0.3) is 0 Å². The van der Waals surface area contributed by atoms with Gasteiger partial charge in [0, 0.05) is 51.6 Å². The van der Waals surface area contributed by atoms with Gasteiger partial charge in [0.25, 0.3) is 0 Å². The highest BCUT2D eigenvalue weighted by Gasteiger charge is 2.23. The van der Waals surface area contributed by atoms with Crippen LogP contribution in [0.2, 0.25) is 0 Å². The SMILES string of the molecule is CCNCC(COC)N1CCN(c2ccccc2)CC1. The van der Waals surface area contributed by atoms with Crippen molar-refractivity contribution in [3.63, 3.8) is 0 Å². The lowest BCUT2D eigenvalue weighted by molar-refractivity contribution is 0.0855. The highest BCUT2D eigenvalue weighted by Crippen LogP contribution is 2.16. The van der Waals surface area contributed by atoms with Crippen LogP contribution in [0, 0.1) is 0 Å². The average molecular weight is 277 g/mol. The average Bonchev–Trinajstić information content (AvgIpc) is 2.52. The molecule has 1 aliphatic heterocycles. The van der Waals surface area contributed by atoms with Gasteiger partial charge < -0.3 is 15.0 Å². The highest BCUT2D eigenvalue weighted by molar-refractivity contribution is 5.46. The third-order valence-electron chi connectivity index (χ3n) is 3.94. The second-order valence-electron chi connectivity index (χ2n) is 5.28. The van der Waals surface area contributed by atoms with Gasteiger partial charge in [0.05, 0.1) is 6.61 Å². The maximum absolute atomic E-state index is 5.37. The minimum atomic E-state index is 0.484. The highest BCUT2D eigenvalue weighted by atomic mass is 16.5. The second kappa shape index (κ2) is 8.25. The summed E-state index contributed by atoms with van der Waals surface area (Å²) in [6.07, 6.45) is 0. The van der Waals surface area contributed by atoms with Crippen molar-refractivity contribution in [2.75, 3.05) is 57.9 Å². The summed E-state index contributed by atoms with van der Waals surface area (Å²) >= 11 is 0. The molecule has 0 radical (unpaired) electrons. The molecular formula is C16H27N3O. The molecular weight excluding hydrogens is 250 g/mol. The monoisotopic (exact) mass is 277 g/mol. The van der Waals surface area contributed by atoms with E-state index in [4.69, 9.17) is 4.74 Å². The van der Waals surface area contributed by atoms with Gasteiger partial charge in [-0.25, -0.2) is 0 Å². The zero-order valence-corrected chi connectivity index (χ0v) is 12.7. The molecule has 1 aromatic carbocycles. The van der Waals surface area contributed by atoms with Gasteiger partial charge in [-0.05, 0) is 18.7 Å². The van der Waals surface area contributed by atoms with Gasteiger partial charge in [-0.3, -0.25) is 4.90 Å². The van der Waals surface area contributed by atoms with Crippen LogP contribution in [0.1, 0.15) is 6.92 Å². The van der Waals surface area contributed by atoms with Crippen molar-refractivity contribution < 1.29 is 4.74 Å². The lowest BCUT2D eigenvalue weighted by atomic mass is 10.2. The van der Waals surface area contributed by atoms with Gasteiger partial charge in [0.1, 0.15) is 0 Å². The van der Waals surface area contributed by atoms with Crippen LogP contribution in [0.4, 0.5) is 5.69 Å². The van der Waals surface area contributed by atoms with Crippen molar-refractivity contribution in [2.45, 2.75) is 13.0 Å². The molecule has 1 aromatic rings. The van der Waals surface area contributed by atoms with Gasteiger partial charge in [-0.2, -0.15) is 0 Å². The number of likely N-dealkylation sites (N-methyl/N-ethyl adjacent to an activating group) is 1. The van der Waals surface area contributed by atoms with Crippen LogP contribution in [0.5, 0.6) is 0 Å². The van der Waals surface area contributed by atoms with Crippen LogP contribution >= 0.6 is 0 Å². The van der Waals surface area contributed by atoms with Crippen LogP contribution in [0.3, 0.4) is 0 Å². The summed E-state index contributed by atoms with van der Waals surface area (Å²) in [5, 5.41) is 3.44. The van der Waals surface area contributed by atoms with Gasteiger partial charge in [-0.15, -0.1) is 0 Å². The van der Waals surface area contributed by atoms with Gasteiger partial charge in [-0.1, -0.05) is 25.1 Å². The van der Waals surface area contributed by atoms with Crippen molar-refractivity contribution in [3.05, 3.63) is 30.3 Å². The van der Waals surface area contributed by atoms with Gasteiger partial charge in [0.15, 0.2) is 0 Å². The molecule has 0 aliphatic carbocycles. The van der Waals surface area contributed by atoms with Crippen molar-refractivity contribution >= 4 is 5.69 Å². The Labute approximate surface area is 122 Å². The van der Waals surface area contributed by atoms with E-state index >= 15 is 0 Å². The van der Waals surface area contributed by atoms with E-state index in [1.165, 1.54) is 5.69 Å². The summed E-state index contributed by atoms with van der Waals surface area (Å²) in [7, 11) is 1.79. The predicted octanol–water partition coefficient (Wildman–Crippen LogP) is 1.43. The first-order valence-corrected chi connectivity index (χ1v) is 7.59. The van der Waals surface area contributed by atoms with Crippen molar-refractivity contribution in [1.82, 2.24) is 10.2 Å². The Morgan fingerprint density at radius 1 is 1.15 bits per heavy atom. The van der Waals surface area contributed by atoms with Crippen LogP contribution < -0.4 is 10.2 Å². The van der Waals surface area contributed by atoms with E-state index in [-0.39, 0.29) is 0 Å². The molecule has 0 aromatic heterocycles. The fourth-order valence-electron chi connectivity index (χ4n) is 2.78. The van der Waals surface area contributed by atoms with E-state index in [1.807, 2.05) is 0 Å². The smallest absolute Gasteiger partial charge is 0.0630 e. The van der Waals surface area contributed by atoms with E-state index in [9.17, 15) is 0 Å². The second-order valence-corrected chi connectivity index (χ2v) is 5.28. The van der Waals surface area contributed by atoms with E-state index < -0.39 is 0 Å². The lowest BCUT2D eigenvalue weighted by Gasteiger charge is -2.40. The topological polar surface area (TPSA) is 27.7 Å². The van der Waals surface area contributed by atoms with Crippen LogP contribution in [-0.2, 0) is 4.74 Å². The maximum Gasteiger partial charge on any atom is 0.0630 e. The first-order chi connectivity index (χ1) is 9.85. The Morgan fingerprint density at radius 3 is 2.45 bits per heavy atom. The molecule has 1 aliphatic rings. The molecule has 1 atom stereocenters. The molecule has 4 heteroatoms. The molecule has 112 valence electrons. The number of para-hydroxylation sites is 1. The van der Waals surface area contributed by atoms with Gasteiger partial charge >= 0.3 is 0 Å². The maximum atomic E-state index is 5.37. The molecule has 2 rings (SSSR count). The Balaban J connectivity index is 1.85. The number of hydrogen-bond donors (Lipinski definition) is 1. The Kier molecular flexibility index (Phi) is 6.30. The zero-order chi connectivity index (χ0) is 14.2. The van der Waals surface area contributed by atoms with Crippen LogP contribution in [0.15, 0.2) is 30.3 Å². The summed E-state index contributed by atoms with van der Waals surface area (Å²) in [6, 6.07) is 11.2. The molecule has 4 nitrogen and oxygen atoms in total. The fourth-order valence-corrected chi connectivity index (χ4v) is 2.78. The summed E-state index contributed by atoms with van der Waals surface area (Å²) in [5.41, 5.74) is 1.34. The quantitative estimate of drug-likeness (QED) is 0.816. The number of piperazine rings is 1. The molecule has 0 amide bonds. The summed E-state index contributed by atoms with van der Waals surface area (Å²) in [5.74, 6) is 0. The van der Waals surface area contributed by atoms with E-state index in [1.54, 1.807) is 7.11 Å². The molecule has 0 saturated carbocycles. The first kappa shape index (κ1) is 15.3. The Hall–Kier alpha value is -1.10. The molecule has 1 heterocycles. The largest absolute Gasteiger partial charge is 0.383 e. The number of nitrogens with one attached hydrogen (secondary N) is 1. The van der Waals surface area contributed by atoms with E-state index in [2.05, 4.69) is 52.4 Å². The molecule has 0 spiro atoms. The standard InChI is InChI=1S/C16H27N3O/c1-3-17-13-16(14-20-2)19-11-9-18(10-12-19)15-7-5-4-6-8-15/h4-8,16-17H,3,9-14H2,1-2H3. The molecule has 1 unspecified atom stereocenters. The van der Waals surface area contributed by atoms with E-state index in [0.717, 1.165) is 45.9 Å². The lowest BCUT2D eigenvalue weighted by Crippen LogP contribution is -2.54. The Bertz CT molecular complexity index is 363. The zero-order valence-electron chi connectivity index (χ0n) is 12.7. The number of rotatable bonds is 7. The third-order valence-corrected chi connectivity index (χ3v) is 3.94. The first-order valence-electron chi connectivity index (χ1n) is 7.59. The molecule has 0 bridgehead atoms. The minimum absolute atomic E-state index is 0.484. The number of methoxy groups -OCH3 is 1. The number of benzene rings is 1. The van der Waals surface area contributed by atoms with Crippen LogP contribution in [-0.4, -0.2) is 63.9 Å². The van der Waals surface area contributed by atoms with Gasteiger partial charge in [0.2, 0.25) is 0 Å². The summed E-state index contributed by atoms with van der Waals surface area (Å²) in [6.45, 7) is 9.38. The van der Waals surface area contributed by atoms with E-state index in [0.29, 0.717) is 6.04 Å². The number of anilines is 1. The minimum Gasteiger partial charge on any atom is -0.383 e. The number of nitrogens with zero attached hydrogens (tertiary/aromatic N) is 2. The predicted molar refractivity (Wildman–Crippen MR) is 84.4 cm³/mol. The number of hydrogen-bond acceptors (Lipinski definition) is 4. The number of ether oxygens (including phenoxy) is 1. The molecule has 1 fully saturated rings.